The molecule has 0 spiro atoms. The topological polar surface area (TPSA) is 98.0 Å². The molecule has 25 heavy (non-hydrogen) atoms. The molecule has 3 aromatic rings. The van der Waals surface area contributed by atoms with Crippen molar-refractivity contribution in [2.45, 2.75) is 33.2 Å². The molecule has 0 aliphatic heterocycles. The highest BCUT2D eigenvalue weighted by Gasteiger charge is 2.14. The van der Waals surface area contributed by atoms with Crippen LogP contribution in [0.3, 0.4) is 0 Å². The number of benzene rings is 1. The minimum atomic E-state index is -0.342. The molecular weight excluding hydrogens is 318 g/mol. The largest absolute Gasteiger partial charge is 0.378 e. The molecule has 2 aromatic heterocycles. The summed E-state index contributed by atoms with van der Waals surface area (Å²) in [6.07, 6.45) is 0. The summed E-state index contributed by atoms with van der Waals surface area (Å²) >= 11 is 0. The third-order valence-electron chi connectivity index (χ3n) is 4.27. The second-order valence-electron chi connectivity index (χ2n) is 6.05. The van der Waals surface area contributed by atoms with E-state index in [1.807, 2.05) is 35.8 Å². The van der Waals surface area contributed by atoms with E-state index in [2.05, 4.69) is 21.6 Å². The number of fused-ring (bicyclic) bond motifs is 1. The number of primary amides is 1. The van der Waals surface area contributed by atoms with Gasteiger partial charge in [-0.1, -0.05) is 18.2 Å². The van der Waals surface area contributed by atoms with Crippen LogP contribution in [0.15, 0.2) is 30.3 Å². The summed E-state index contributed by atoms with van der Waals surface area (Å²) in [5.74, 6) is -0.342. The standard InChI is InChI=1S/C18H23N5O2/c1-12-16(9-20-8-13-7-14(11-25-2)22-21-13)15-5-3-4-6-17(15)23(12)10-18(19)24/h3-7,20H,8-11H2,1-2H3,(H2,19,24)(H,21,22). The number of carbonyl (C=O) groups excluding carboxylic acids is 1. The maximum atomic E-state index is 11.4. The number of hydrogen-bond acceptors (Lipinski definition) is 4. The van der Waals surface area contributed by atoms with Gasteiger partial charge in [0.05, 0.1) is 18.0 Å². The lowest BCUT2D eigenvalue weighted by Crippen LogP contribution is -2.19. The minimum Gasteiger partial charge on any atom is -0.378 e. The summed E-state index contributed by atoms with van der Waals surface area (Å²) in [4.78, 5) is 11.4. The van der Waals surface area contributed by atoms with Gasteiger partial charge in [-0.05, 0) is 24.6 Å². The summed E-state index contributed by atoms with van der Waals surface area (Å²) < 4.78 is 7.05. The van der Waals surface area contributed by atoms with Crippen LogP contribution in [0.2, 0.25) is 0 Å². The van der Waals surface area contributed by atoms with Gasteiger partial charge in [0.25, 0.3) is 0 Å². The molecule has 7 heteroatoms. The van der Waals surface area contributed by atoms with Crippen LogP contribution in [0.5, 0.6) is 0 Å². The lowest BCUT2D eigenvalue weighted by Gasteiger charge is -2.06. The number of hydrogen-bond donors (Lipinski definition) is 3. The predicted octanol–water partition coefficient (Wildman–Crippen LogP) is 1.59. The van der Waals surface area contributed by atoms with E-state index in [0.717, 1.165) is 28.0 Å². The molecule has 132 valence electrons. The first kappa shape index (κ1) is 17.2. The number of nitrogens with two attached hydrogens (primary N) is 1. The zero-order valence-electron chi connectivity index (χ0n) is 14.5. The van der Waals surface area contributed by atoms with Crippen LogP contribution in [0.1, 0.15) is 22.6 Å². The van der Waals surface area contributed by atoms with Crippen molar-refractivity contribution in [3.05, 3.63) is 53.0 Å². The zero-order valence-corrected chi connectivity index (χ0v) is 14.5. The number of nitrogens with zero attached hydrogens (tertiary/aromatic N) is 2. The third kappa shape index (κ3) is 3.72. The monoisotopic (exact) mass is 341 g/mol. The molecule has 0 radical (unpaired) electrons. The van der Waals surface area contributed by atoms with Crippen molar-refractivity contribution in [3.63, 3.8) is 0 Å². The van der Waals surface area contributed by atoms with E-state index in [1.165, 1.54) is 5.56 Å². The number of ether oxygens (including phenoxy) is 1. The van der Waals surface area contributed by atoms with Gasteiger partial charge < -0.3 is 20.4 Å². The number of rotatable bonds is 8. The zero-order chi connectivity index (χ0) is 17.8. The van der Waals surface area contributed by atoms with Gasteiger partial charge in [0.2, 0.25) is 5.91 Å². The molecule has 3 rings (SSSR count). The molecule has 7 nitrogen and oxygen atoms in total. The Labute approximate surface area is 146 Å². The highest BCUT2D eigenvalue weighted by Crippen LogP contribution is 2.25. The summed E-state index contributed by atoms with van der Waals surface area (Å²) in [6.45, 7) is 4.06. The van der Waals surface area contributed by atoms with E-state index in [9.17, 15) is 4.79 Å². The van der Waals surface area contributed by atoms with Crippen LogP contribution in [0, 0.1) is 6.92 Å². The molecule has 0 atom stereocenters. The molecule has 2 heterocycles. The number of para-hydroxylation sites is 1. The first-order chi connectivity index (χ1) is 12.1. The summed E-state index contributed by atoms with van der Waals surface area (Å²) in [5, 5.41) is 11.8. The number of aromatic amines is 1. The van der Waals surface area contributed by atoms with Crippen LogP contribution in [-0.4, -0.2) is 27.8 Å². The Bertz CT molecular complexity index is 881. The molecule has 0 fully saturated rings. The van der Waals surface area contributed by atoms with Crippen LogP contribution < -0.4 is 11.1 Å². The second kappa shape index (κ2) is 7.50. The molecule has 4 N–H and O–H groups in total. The van der Waals surface area contributed by atoms with Crippen molar-refractivity contribution in [3.8, 4) is 0 Å². The highest BCUT2D eigenvalue weighted by atomic mass is 16.5. The normalized spacial score (nSPS) is 11.3. The maximum Gasteiger partial charge on any atom is 0.237 e. The molecule has 0 saturated carbocycles. The number of H-pyrrole nitrogens is 1. The van der Waals surface area contributed by atoms with Crippen molar-refractivity contribution >= 4 is 16.8 Å². The van der Waals surface area contributed by atoms with E-state index in [-0.39, 0.29) is 12.5 Å². The van der Waals surface area contributed by atoms with Crippen molar-refractivity contribution in [1.29, 1.82) is 0 Å². The fraction of sp³-hybridized carbons (Fsp3) is 0.333. The maximum absolute atomic E-state index is 11.4. The molecule has 0 aliphatic rings. The Balaban J connectivity index is 1.76. The average molecular weight is 341 g/mol. The number of nitrogens with one attached hydrogen (secondary N) is 2. The number of amides is 1. The smallest absolute Gasteiger partial charge is 0.237 e. The van der Waals surface area contributed by atoms with Gasteiger partial charge in [0, 0.05) is 36.8 Å². The van der Waals surface area contributed by atoms with Crippen LogP contribution in [-0.2, 0) is 35.8 Å². The molecule has 0 bridgehead atoms. The van der Waals surface area contributed by atoms with Gasteiger partial charge in [-0.2, -0.15) is 5.10 Å². The molecule has 1 amide bonds. The third-order valence-corrected chi connectivity index (χ3v) is 4.27. The lowest BCUT2D eigenvalue weighted by atomic mass is 10.1. The van der Waals surface area contributed by atoms with Crippen LogP contribution in [0.25, 0.3) is 10.9 Å². The van der Waals surface area contributed by atoms with Gasteiger partial charge >= 0.3 is 0 Å². The van der Waals surface area contributed by atoms with Crippen molar-refractivity contribution in [1.82, 2.24) is 20.1 Å². The van der Waals surface area contributed by atoms with Crippen molar-refractivity contribution in [2.75, 3.05) is 7.11 Å². The average Bonchev–Trinajstić information content (AvgIpc) is 3.13. The Kier molecular flexibility index (Phi) is 5.16. The number of carbonyl (C=O) groups is 1. The molecule has 0 saturated heterocycles. The molecule has 0 unspecified atom stereocenters. The van der Waals surface area contributed by atoms with Gasteiger partial charge in [-0.25, -0.2) is 0 Å². The van der Waals surface area contributed by atoms with Gasteiger partial charge in [0.15, 0.2) is 0 Å². The van der Waals surface area contributed by atoms with Gasteiger partial charge in [0.1, 0.15) is 6.54 Å². The SMILES string of the molecule is COCc1cc(CNCc2c(C)n(CC(N)=O)c3ccccc23)n[nH]1. The van der Waals surface area contributed by atoms with Crippen LogP contribution >= 0.6 is 0 Å². The molecular formula is C18H23N5O2. The summed E-state index contributed by atoms with van der Waals surface area (Å²) in [7, 11) is 1.66. The summed E-state index contributed by atoms with van der Waals surface area (Å²) in [5.41, 5.74) is 10.5. The van der Waals surface area contributed by atoms with E-state index >= 15 is 0 Å². The Morgan fingerprint density at radius 2 is 2.16 bits per heavy atom. The van der Waals surface area contributed by atoms with E-state index in [1.54, 1.807) is 7.11 Å². The second-order valence-corrected chi connectivity index (χ2v) is 6.05. The van der Waals surface area contributed by atoms with Gasteiger partial charge in [-0.3, -0.25) is 9.89 Å². The van der Waals surface area contributed by atoms with E-state index < -0.39 is 0 Å². The first-order valence-electron chi connectivity index (χ1n) is 8.18. The Morgan fingerprint density at radius 1 is 1.36 bits per heavy atom. The minimum absolute atomic E-state index is 0.187. The quantitative estimate of drug-likeness (QED) is 0.579. The Morgan fingerprint density at radius 3 is 2.92 bits per heavy atom. The molecule has 1 aromatic carbocycles. The number of methoxy groups -OCH3 is 1. The summed E-state index contributed by atoms with van der Waals surface area (Å²) in [6, 6.07) is 10.0. The fourth-order valence-electron chi connectivity index (χ4n) is 3.13. The van der Waals surface area contributed by atoms with Crippen molar-refractivity contribution in [2.24, 2.45) is 5.73 Å². The number of aromatic nitrogens is 3. The van der Waals surface area contributed by atoms with Crippen LogP contribution in [0.4, 0.5) is 0 Å². The highest BCUT2D eigenvalue weighted by molar-refractivity contribution is 5.87. The Hall–Kier alpha value is -2.64. The van der Waals surface area contributed by atoms with Gasteiger partial charge in [-0.15, -0.1) is 0 Å². The predicted molar refractivity (Wildman–Crippen MR) is 95.7 cm³/mol. The first-order valence-corrected chi connectivity index (χ1v) is 8.18. The van der Waals surface area contributed by atoms with E-state index in [0.29, 0.717) is 19.7 Å². The lowest BCUT2D eigenvalue weighted by molar-refractivity contribution is -0.118. The molecule has 0 aliphatic carbocycles. The fourth-order valence-corrected chi connectivity index (χ4v) is 3.13. The van der Waals surface area contributed by atoms with E-state index in [4.69, 9.17) is 10.5 Å². The van der Waals surface area contributed by atoms with Crippen molar-refractivity contribution < 1.29 is 9.53 Å².